The van der Waals surface area contributed by atoms with Crippen molar-refractivity contribution in [2.24, 2.45) is 5.92 Å². The number of anilines is 1. The lowest BCUT2D eigenvalue weighted by atomic mass is 10.1. The van der Waals surface area contributed by atoms with Crippen LogP contribution in [-0.4, -0.2) is 12.8 Å². The van der Waals surface area contributed by atoms with Gasteiger partial charge in [0.25, 0.3) is 0 Å². The summed E-state index contributed by atoms with van der Waals surface area (Å²) in [5, 5.41) is 3.21. The van der Waals surface area contributed by atoms with Crippen LogP contribution >= 0.6 is 0 Å². The largest absolute Gasteiger partial charge is 0.586 e. The molecule has 0 saturated carbocycles. The highest BCUT2D eigenvalue weighted by Gasteiger charge is 2.43. The maximum Gasteiger partial charge on any atom is 0.586 e. The molecule has 0 aliphatic carbocycles. The first-order valence-electron chi connectivity index (χ1n) is 6.14. The van der Waals surface area contributed by atoms with Gasteiger partial charge in [-0.25, -0.2) is 0 Å². The van der Waals surface area contributed by atoms with E-state index < -0.39 is 6.29 Å². The normalized spacial score (nSPS) is 17.6. The van der Waals surface area contributed by atoms with Crippen LogP contribution in [0, 0.1) is 5.92 Å². The molecule has 1 aromatic rings. The second-order valence-corrected chi connectivity index (χ2v) is 4.60. The van der Waals surface area contributed by atoms with Crippen molar-refractivity contribution in [3.05, 3.63) is 18.2 Å². The molecule has 1 N–H and O–H groups in total. The van der Waals surface area contributed by atoms with Crippen molar-refractivity contribution < 1.29 is 18.3 Å². The Morgan fingerprint density at radius 2 is 2.00 bits per heavy atom. The minimum absolute atomic E-state index is 0.0761. The van der Waals surface area contributed by atoms with Crippen molar-refractivity contribution in [1.29, 1.82) is 0 Å². The molecule has 0 aromatic heterocycles. The van der Waals surface area contributed by atoms with E-state index in [4.69, 9.17) is 0 Å². The van der Waals surface area contributed by atoms with Gasteiger partial charge in [-0.2, -0.15) is 0 Å². The van der Waals surface area contributed by atoms with Gasteiger partial charge in [-0.1, -0.05) is 20.3 Å². The number of rotatable bonds is 5. The number of halogens is 2. The third-order valence-electron chi connectivity index (χ3n) is 2.84. The van der Waals surface area contributed by atoms with Gasteiger partial charge in [0.1, 0.15) is 0 Å². The second-order valence-electron chi connectivity index (χ2n) is 4.60. The predicted octanol–water partition coefficient (Wildman–Crippen LogP) is 3.86. The summed E-state index contributed by atoms with van der Waals surface area (Å²) in [4.78, 5) is 0. The van der Waals surface area contributed by atoms with Gasteiger partial charge in [-0.3, -0.25) is 0 Å². The Morgan fingerprint density at radius 3 is 2.72 bits per heavy atom. The molecule has 2 rings (SSSR count). The monoisotopic (exact) mass is 257 g/mol. The average Bonchev–Trinajstić information content (AvgIpc) is 2.59. The summed E-state index contributed by atoms with van der Waals surface area (Å²) < 4.78 is 34.4. The molecule has 1 aromatic carbocycles. The number of hydrogen-bond acceptors (Lipinski definition) is 3. The highest BCUT2D eigenvalue weighted by atomic mass is 19.3. The zero-order valence-corrected chi connectivity index (χ0v) is 10.5. The van der Waals surface area contributed by atoms with Crippen molar-refractivity contribution in [3.63, 3.8) is 0 Å². The fourth-order valence-corrected chi connectivity index (χ4v) is 1.95. The Balaban J connectivity index is 1.97. The zero-order valence-electron chi connectivity index (χ0n) is 10.5. The standard InChI is InChI=1S/C13H17F2NO2/c1-3-4-9(2)8-16-10-5-6-11-12(7-10)18-13(14,15)17-11/h5-7,9,16H,3-4,8H2,1-2H3. The lowest BCUT2D eigenvalue weighted by Gasteiger charge is -2.12. The van der Waals surface area contributed by atoms with E-state index in [1.165, 1.54) is 12.1 Å². The maximum atomic E-state index is 12.8. The summed E-state index contributed by atoms with van der Waals surface area (Å²) in [7, 11) is 0. The van der Waals surface area contributed by atoms with E-state index >= 15 is 0 Å². The predicted molar refractivity (Wildman–Crippen MR) is 65.2 cm³/mol. The van der Waals surface area contributed by atoms with Crippen molar-refractivity contribution in [2.75, 3.05) is 11.9 Å². The van der Waals surface area contributed by atoms with Gasteiger partial charge in [0, 0.05) is 18.3 Å². The number of alkyl halides is 2. The van der Waals surface area contributed by atoms with E-state index in [0.29, 0.717) is 5.92 Å². The van der Waals surface area contributed by atoms with E-state index in [1.807, 2.05) is 0 Å². The molecule has 0 fully saturated rings. The summed E-state index contributed by atoms with van der Waals surface area (Å²) in [6, 6.07) is 4.74. The van der Waals surface area contributed by atoms with Gasteiger partial charge >= 0.3 is 6.29 Å². The molecule has 18 heavy (non-hydrogen) atoms. The number of nitrogens with one attached hydrogen (secondary N) is 1. The molecule has 1 heterocycles. The first-order chi connectivity index (χ1) is 8.50. The quantitative estimate of drug-likeness (QED) is 0.869. The van der Waals surface area contributed by atoms with Gasteiger partial charge in [0.15, 0.2) is 11.5 Å². The van der Waals surface area contributed by atoms with Crippen molar-refractivity contribution in [2.45, 2.75) is 33.0 Å². The number of ether oxygens (including phenoxy) is 2. The van der Waals surface area contributed by atoms with Crippen LogP contribution in [0.25, 0.3) is 0 Å². The molecule has 5 heteroatoms. The van der Waals surface area contributed by atoms with Crippen LogP contribution in [0.4, 0.5) is 14.5 Å². The summed E-state index contributed by atoms with van der Waals surface area (Å²) in [6.45, 7) is 5.10. The Morgan fingerprint density at radius 1 is 1.28 bits per heavy atom. The highest BCUT2D eigenvalue weighted by Crippen LogP contribution is 2.42. The first kappa shape index (κ1) is 12.9. The van der Waals surface area contributed by atoms with Crippen LogP contribution in [0.1, 0.15) is 26.7 Å². The van der Waals surface area contributed by atoms with E-state index in [1.54, 1.807) is 6.07 Å². The smallest absolute Gasteiger partial charge is 0.395 e. The highest BCUT2D eigenvalue weighted by molar-refractivity contribution is 5.55. The molecule has 0 spiro atoms. The van der Waals surface area contributed by atoms with E-state index in [9.17, 15) is 8.78 Å². The molecule has 0 amide bonds. The lowest BCUT2D eigenvalue weighted by molar-refractivity contribution is -0.286. The lowest BCUT2D eigenvalue weighted by Crippen LogP contribution is -2.25. The van der Waals surface area contributed by atoms with Crippen LogP contribution in [-0.2, 0) is 0 Å². The fraction of sp³-hybridized carbons (Fsp3) is 0.538. The summed E-state index contributed by atoms with van der Waals surface area (Å²) in [5.41, 5.74) is 0.762. The SMILES string of the molecule is CCCC(C)CNc1ccc2c(c1)OC(F)(F)O2. The molecule has 1 atom stereocenters. The topological polar surface area (TPSA) is 30.5 Å². The van der Waals surface area contributed by atoms with Crippen molar-refractivity contribution >= 4 is 5.69 Å². The zero-order chi connectivity index (χ0) is 13.2. The number of fused-ring (bicyclic) bond motifs is 1. The second kappa shape index (κ2) is 5.00. The third-order valence-corrected chi connectivity index (χ3v) is 2.84. The van der Waals surface area contributed by atoms with Crippen molar-refractivity contribution in [1.82, 2.24) is 0 Å². The molecule has 3 nitrogen and oxygen atoms in total. The maximum absolute atomic E-state index is 12.8. The molecular formula is C13H17F2NO2. The van der Waals surface area contributed by atoms with Gasteiger partial charge in [-0.05, 0) is 24.5 Å². The molecule has 0 saturated heterocycles. The average molecular weight is 257 g/mol. The van der Waals surface area contributed by atoms with Gasteiger partial charge in [0.2, 0.25) is 0 Å². The van der Waals surface area contributed by atoms with E-state index in [0.717, 1.165) is 25.1 Å². The summed E-state index contributed by atoms with van der Waals surface area (Å²) in [5.74, 6) is 0.696. The minimum Gasteiger partial charge on any atom is -0.395 e. The van der Waals surface area contributed by atoms with E-state index in [-0.39, 0.29) is 11.5 Å². The van der Waals surface area contributed by atoms with Crippen LogP contribution < -0.4 is 14.8 Å². The molecule has 100 valence electrons. The van der Waals surface area contributed by atoms with Crippen LogP contribution in [0.2, 0.25) is 0 Å². The molecule has 0 bridgehead atoms. The van der Waals surface area contributed by atoms with E-state index in [2.05, 4.69) is 28.6 Å². The number of benzene rings is 1. The third kappa shape index (κ3) is 3.03. The Kier molecular flexibility index (Phi) is 3.59. The molecule has 0 radical (unpaired) electrons. The summed E-state index contributed by atoms with van der Waals surface area (Å²) >= 11 is 0. The van der Waals surface area contributed by atoms with Gasteiger partial charge in [0.05, 0.1) is 0 Å². The Hall–Kier alpha value is -1.52. The fourth-order valence-electron chi connectivity index (χ4n) is 1.95. The Labute approximate surface area is 105 Å². The Bertz CT molecular complexity index is 423. The summed E-state index contributed by atoms with van der Waals surface area (Å²) in [6.07, 6.45) is -1.28. The van der Waals surface area contributed by atoms with Gasteiger partial charge in [-0.15, -0.1) is 8.78 Å². The molecule has 1 aliphatic heterocycles. The van der Waals surface area contributed by atoms with Crippen molar-refractivity contribution in [3.8, 4) is 11.5 Å². The van der Waals surface area contributed by atoms with Crippen LogP contribution in [0.15, 0.2) is 18.2 Å². The first-order valence-corrected chi connectivity index (χ1v) is 6.14. The molecule has 1 aliphatic rings. The number of hydrogen-bond donors (Lipinski definition) is 1. The van der Waals surface area contributed by atoms with Crippen LogP contribution in [0.3, 0.4) is 0 Å². The minimum atomic E-state index is -3.55. The van der Waals surface area contributed by atoms with Crippen LogP contribution in [0.5, 0.6) is 11.5 Å². The van der Waals surface area contributed by atoms with Gasteiger partial charge < -0.3 is 14.8 Å². The molecular weight excluding hydrogens is 240 g/mol. The molecule has 1 unspecified atom stereocenters.